The highest BCUT2D eigenvalue weighted by atomic mass is 16.5. The highest BCUT2D eigenvalue weighted by Gasteiger charge is 2.34. The van der Waals surface area contributed by atoms with Gasteiger partial charge >= 0.3 is 0 Å². The quantitative estimate of drug-likeness (QED) is 0.770. The molecule has 1 aromatic heterocycles. The van der Waals surface area contributed by atoms with Crippen LogP contribution in [-0.2, 0) is 4.74 Å². The van der Waals surface area contributed by atoms with E-state index in [0.717, 1.165) is 39.4 Å². The van der Waals surface area contributed by atoms with Crippen molar-refractivity contribution in [2.24, 2.45) is 0 Å². The number of aromatic nitrogens is 2. The topological polar surface area (TPSA) is 60.0 Å². The average Bonchev–Trinajstić information content (AvgIpc) is 2.46. The zero-order chi connectivity index (χ0) is 13.9. The van der Waals surface area contributed by atoms with Crippen LogP contribution < -0.4 is 14.4 Å². The third kappa shape index (κ3) is 2.64. The molecule has 3 heterocycles. The fourth-order valence-electron chi connectivity index (χ4n) is 2.54. The number of hydrogen-bond acceptors (Lipinski definition) is 7. The summed E-state index contributed by atoms with van der Waals surface area (Å²) in [5.41, 5.74) is 0. The highest BCUT2D eigenvalue weighted by molar-refractivity contribution is 5.40. The van der Waals surface area contributed by atoms with E-state index in [1.165, 1.54) is 0 Å². The summed E-state index contributed by atoms with van der Waals surface area (Å²) >= 11 is 0. The third-order valence-electron chi connectivity index (χ3n) is 3.79. The lowest BCUT2D eigenvalue weighted by Crippen LogP contribution is -2.62. The Labute approximate surface area is 118 Å². The first kappa shape index (κ1) is 13.4. The molecule has 0 bridgehead atoms. The van der Waals surface area contributed by atoms with Gasteiger partial charge in [0.1, 0.15) is 0 Å². The Bertz CT molecular complexity index is 437. The van der Waals surface area contributed by atoms with E-state index in [0.29, 0.717) is 23.8 Å². The first-order valence-corrected chi connectivity index (χ1v) is 6.84. The predicted octanol–water partition coefficient (Wildman–Crippen LogP) is 0.0146. The SMILES string of the molecule is COc1cc(OC)nc(N2CC(N3CCOCC3)C2)n1. The maximum Gasteiger partial charge on any atom is 0.232 e. The van der Waals surface area contributed by atoms with Crippen LogP contribution in [0.3, 0.4) is 0 Å². The van der Waals surface area contributed by atoms with Crippen LogP contribution in [0.25, 0.3) is 0 Å². The zero-order valence-electron chi connectivity index (χ0n) is 11.9. The summed E-state index contributed by atoms with van der Waals surface area (Å²) in [6.45, 7) is 5.58. The second kappa shape index (κ2) is 5.80. The summed E-state index contributed by atoms with van der Waals surface area (Å²) in [6.07, 6.45) is 0. The van der Waals surface area contributed by atoms with Crippen molar-refractivity contribution in [3.8, 4) is 11.8 Å². The van der Waals surface area contributed by atoms with E-state index in [4.69, 9.17) is 14.2 Å². The Morgan fingerprint density at radius 1 is 1.10 bits per heavy atom. The van der Waals surface area contributed by atoms with Gasteiger partial charge in [-0.15, -0.1) is 0 Å². The number of methoxy groups -OCH3 is 2. The van der Waals surface area contributed by atoms with E-state index in [1.807, 2.05) is 0 Å². The second-order valence-corrected chi connectivity index (χ2v) is 4.96. The van der Waals surface area contributed by atoms with E-state index < -0.39 is 0 Å². The van der Waals surface area contributed by atoms with Gasteiger partial charge in [0.25, 0.3) is 0 Å². The van der Waals surface area contributed by atoms with Crippen LogP contribution in [0.5, 0.6) is 11.8 Å². The van der Waals surface area contributed by atoms with Gasteiger partial charge in [-0.3, -0.25) is 4.90 Å². The smallest absolute Gasteiger partial charge is 0.232 e. The molecule has 3 rings (SSSR count). The zero-order valence-corrected chi connectivity index (χ0v) is 11.9. The Hall–Kier alpha value is -1.60. The molecule has 0 aromatic carbocycles. The number of ether oxygens (including phenoxy) is 3. The monoisotopic (exact) mass is 280 g/mol. The summed E-state index contributed by atoms with van der Waals surface area (Å²) in [7, 11) is 3.19. The summed E-state index contributed by atoms with van der Waals surface area (Å²) in [4.78, 5) is 13.4. The van der Waals surface area contributed by atoms with E-state index >= 15 is 0 Å². The highest BCUT2D eigenvalue weighted by Crippen LogP contribution is 2.25. The molecule has 20 heavy (non-hydrogen) atoms. The molecule has 2 fully saturated rings. The molecule has 0 unspecified atom stereocenters. The standard InChI is InChI=1S/C13H20N4O3/c1-18-11-7-12(19-2)15-13(14-11)17-8-10(9-17)16-3-5-20-6-4-16/h7,10H,3-6,8-9H2,1-2H3. The third-order valence-corrected chi connectivity index (χ3v) is 3.79. The van der Waals surface area contributed by atoms with E-state index in [2.05, 4.69) is 19.8 Å². The first-order chi connectivity index (χ1) is 9.80. The van der Waals surface area contributed by atoms with Gasteiger partial charge in [0, 0.05) is 32.2 Å². The van der Waals surface area contributed by atoms with Crippen LogP contribution in [0, 0.1) is 0 Å². The summed E-state index contributed by atoms with van der Waals surface area (Å²) in [6, 6.07) is 2.25. The fourth-order valence-corrected chi connectivity index (χ4v) is 2.54. The molecule has 0 saturated carbocycles. The first-order valence-electron chi connectivity index (χ1n) is 6.84. The van der Waals surface area contributed by atoms with Gasteiger partial charge in [-0.25, -0.2) is 0 Å². The number of nitrogens with zero attached hydrogens (tertiary/aromatic N) is 4. The molecule has 0 radical (unpaired) electrons. The maximum atomic E-state index is 5.38. The molecule has 0 atom stereocenters. The number of morpholine rings is 1. The molecule has 0 N–H and O–H groups in total. The Balaban J connectivity index is 1.63. The van der Waals surface area contributed by atoms with Crippen molar-refractivity contribution in [2.45, 2.75) is 6.04 Å². The molecule has 2 aliphatic rings. The second-order valence-electron chi connectivity index (χ2n) is 4.96. The minimum absolute atomic E-state index is 0.529. The lowest BCUT2D eigenvalue weighted by atomic mass is 10.1. The van der Waals surface area contributed by atoms with Crippen molar-refractivity contribution < 1.29 is 14.2 Å². The van der Waals surface area contributed by atoms with E-state index in [9.17, 15) is 0 Å². The normalized spacial score (nSPS) is 20.6. The molecule has 0 amide bonds. The molecule has 1 aromatic rings. The van der Waals surface area contributed by atoms with Crippen molar-refractivity contribution in [1.82, 2.24) is 14.9 Å². The predicted molar refractivity (Wildman–Crippen MR) is 73.5 cm³/mol. The van der Waals surface area contributed by atoms with Crippen molar-refractivity contribution >= 4 is 5.95 Å². The lowest BCUT2D eigenvalue weighted by molar-refractivity contribution is 0.0103. The van der Waals surface area contributed by atoms with Crippen LogP contribution in [-0.4, -0.2) is 74.5 Å². The molecule has 7 nitrogen and oxygen atoms in total. The number of anilines is 1. The summed E-state index contributed by atoms with van der Waals surface area (Å²) < 4.78 is 15.7. The summed E-state index contributed by atoms with van der Waals surface area (Å²) in [5.74, 6) is 1.73. The van der Waals surface area contributed by atoms with Crippen molar-refractivity contribution in [1.29, 1.82) is 0 Å². The molecular weight excluding hydrogens is 260 g/mol. The van der Waals surface area contributed by atoms with Crippen molar-refractivity contribution in [2.75, 3.05) is 58.5 Å². The van der Waals surface area contributed by atoms with Gasteiger partial charge in [-0.05, 0) is 0 Å². The minimum Gasteiger partial charge on any atom is -0.481 e. The van der Waals surface area contributed by atoms with Crippen molar-refractivity contribution in [3.05, 3.63) is 6.07 Å². The molecule has 0 aliphatic carbocycles. The number of rotatable bonds is 4. The van der Waals surface area contributed by atoms with Gasteiger partial charge in [0.05, 0.1) is 33.5 Å². The van der Waals surface area contributed by atoms with Gasteiger partial charge < -0.3 is 19.1 Å². The Kier molecular flexibility index (Phi) is 3.88. The van der Waals surface area contributed by atoms with Gasteiger partial charge in [0.15, 0.2) is 0 Å². The molecule has 2 aliphatic heterocycles. The van der Waals surface area contributed by atoms with Crippen LogP contribution in [0.2, 0.25) is 0 Å². The van der Waals surface area contributed by atoms with E-state index in [1.54, 1.807) is 20.3 Å². The van der Waals surface area contributed by atoms with Crippen LogP contribution in [0.4, 0.5) is 5.95 Å². The molecular formula is C13H20N4O3. The molecule has 7 heteroatoms. The number of hydrogen-bond donors (Lipinski definition) is 0. The molecule has 110 valence electrons. The fraction of sp³-hybridized carbons (Fsp3) is 0.692. The average molecular weight is 280 g/mol. The minimum atomic E-state index is 0.529. The largest absolute Gasteiger partial charge is 0.481 e. The molecule has 2 saturated heterocycles. The van der Waals surface area contributed by atoms with Gasteiger partial charge in [-0.2, -0.15) is 9.97 Å². The lowest BCUT2D eigenvalue weighted by Gasteiger charge is -2.46. The van der Waals surface area contributed by atoms with Crippen LogP contribution in [0.15, 0.2) is 6.07 Å². The Morgan fingerprint density at radius 2 is 1.70 bits per heavy atom. The van der Waals surface area contributed by atoms with Gasteiger partial charge in [-0.1, -0.05) is 0 Å². The summed E-state index contributed by atoms with van der Waals surface area (Å²) in [5, 5.41) is 0. The van der Waals surface area contributed by atoms with Crippen LogP contribution in [0.1, 0.15) is 0 Å². The molecule has 0 spiro atoms. The maximum absolute atomic E-state index is 5.38. The van der Waals surface area contributed by atoms with Crippen molar-refractivity contribution in [3.63, 3.8) is 0 Å². The Morgan fingerprint density at radius 3 is 2.25 bits per heavy atom. The van der Waals surface area contributed by atoms with Gasteiger partial charge in [0.2, 0.25) is 17.7 Å². The van der Waals surface area contributed by atoms with Crippen LogP contribution >= 0.6 is 0 Å². The van der Waals surface area contributed by atoms with E-state index in [-0.39, 0.29) is 0 Å².